The van der Waals surface area contributed by atoms with Gasteiger partial charge in [-0.25, -0.2) is 0 Å². The fraction of sp³-hybridized carbons (Fsp3) is 0.938. The Hall–Kier alpha value is -0.570. The van der Waals surface area contributed by atoms with E-state index in [2.05, 4.69) is 19.2 Å². The van der Waals surface area contributed by atoms with Crippen molar-refractivity contribution in [3.05, 3.63) is 0 Å². The summed E-state index contributed by atoms with van der Waals surface area (Å²) in [5, 5.41) is 3.27. The Bertz CT molecular complexity index is 357. The Labute approximate surface area is 116 Å². The maximum absolute atomic E-state index is 12.2. The topological polar surface area (TPSA) is 55.1 Å². The molecule has 6 unspecified atom stereocenters. The highest BCUT2D eigenvalue weighted by molar-refractivity contribution is 5.82. The van der Waals surface area contributed by atoms with E-state index in [9.17, 15) is 4.79 Å². The second-order valence-electron chi connectivity index (χ2n) is 7.18. The Balaban J connectivity index is 1.59. The van der Waals surface area contributed by atoms with Crippen LogP contribution in [0.3, 0.4) is 0 Å². The summed E-state index contributed by atoms with van der Waals surface area (Å²) in [6.07, 6.45) is 7.80. The highest BCUT2D eigenvalue weighted by Crippen LogP contribution is 2.58. The van der Waals surface area contributed by atoms with E-state index >= 15 is 0 Å². The fourth-order valence-corrected chi connectivity index (χ4v) is 5.03. The lowest BCUT2D eigenvalue weighted by molar-refractivity contribution is -0.124. The molecule has 0 saturated heterocycles. The van der Waals surface area contributed by atoms with Crippen LogP contribution in [0.4, 0.5) is 0 Å². The summed E-state index contributed by atoms with van der Waals surface area (Å²) in [5.41, 5.74) is 6.04. The summed E-state index contributed by atoms with van der Waals surface area (Å²) >= 11 is 0. The van der Waals surface area contributed by atoms with Crippen LogP contribution in [0.25, 0.3) is 0 Å². The molecule has 0 aromatic heterocycles. The van der Waals surface area contributed by atoms with E-state index in [1.54, 1.807) is 0 Å². The third-order valence-electron chi connectivity index (χ3n) is 6.32. The van der Waals surface area contributed by atoms with Gasteiger partial charge in [0.2, 0.25) is 5.91 Å². The molecule has 2 bridgehead atoms. The number of rotatable bonds is 4. The van der Waals surface area contributed by atoms with Crippen molar-refractivity contribution in [2.75, 3.05) is 0 Å². The molecule has 0 aromatic carbocycles. The first-order valence-electron chi connectivity index (χ1n) is 8.17. The van der Waals surface area contributed by atoms with Gasteiger partial charge in [0.25, 0.3) is 0 Å². The molecule has 3 nitrogen and oxygen atoms in total. The van der Waals surface area contributed by atoms with Crippen molar-refractivity contribution in [3.63, 3.8) is 0 Å². The quantitative estimate of drug-likeness (QED) is 0.818. The van der Waals surface area contributed by atoms with Crippen LogP contribution in [0.1, 0.15) is 52.4 Å². The molecule has 3 heteroatoms. The lowest BCUT2D eigenvalue weighted by atomic mass is 9.79. The number of amides is 1. The minimum absolute atomic E-state index is 0.0847. The van der Waals surface area contributed by atoms with Gasteiger partial charge >= 0.3 is 0 Å². The van der Waals surface area contributed by atoms with Gasteiger partial charge in [-0.1, -0.05) is 26.7 Å². The lowest BCUT2D eigenvalue weighted by Crippen LogP contribution is -2.51. The van der Waals surface area contributed by atoms with Crippen LogP contribution < -0.4 is 11.1 Å². The van der Waals surface area contributed by atoms with Crippen LogP contribution in [-0.4, -0.2) is 18.0 Å². The molecule has 3 fully saturated rings. The summed E-state index contributed by atoms with van der Waals surface area (Å²) in [7, 11) is 0. The van der Waals surface area contributed by atoms with E-state index in [0.717, 1.165) is 30.1 Å². The smallest absolute Gasteiger partial charge is 0.237 e. The van der Waals surface area contributed by atoms with Crippen LogP contribution >= 0.6 is 0 Å². The first-order chi connectivity index (χ1) is 9.11. The van der Waals surface area contributed by atoms with Crippen LogP contribution in [0, 0.1) is 29.6 Å². The molecule has 0 aromatic rings. The van der Waals surface area contributed by atoms with Crippen molar-refractivity contribution < 1.29 is 4.79 Å². The standard InChI is InChI=1S/C16H28N2O/c1-3-9(2)15(17)16(19)18-14-8-10-7-13(14)12-6-4-5-11(10)12/h9-15H,3-8,17H2,1-2H3,(H,18,19)/t9?,10?,11?,12?,13?,14?,15-/m0/s1. The Morgan fingerprint density at radius 3 is 2.74 bits per heavy atom. The van der Waals surface area contributed by atoms with Crippen molar-refractivity contribution in [2.24, 2.45) is 35.3 Å². The number of hydrogen-bond donors (Lipinski definition) is 2. The zero-order chi connectivity index (χ0) is 13.6. The normalized spacial score (nSPS) is 43.0. The molecule has 0 aliphatic heterocycles. The summed E-state index contributed by atoms with van der Waals surface area (Å²) in [5.74, 6) is 3.90. The highest BCUT2D eigenvalue weighted by atomic mass is 16.2. The van der Waals surface area contributed by atoms with Crippen molar-refractivity contribution in [1.29, 1.82) is 0 Å². The zero-order valence-corrected chi connectivity index (χ0v) is 12.3. The summed E-state index contributed by atoms with van der Waals surface area (Å²) < 4.78 is 0. The molecule has 7 atom stereocenters. The Morgan fingerprint density at radius 1 is 1.26 bits per heavy atom. The van der Waals surface area contributed by atoms with Gasteiger partial charge in [-0.15, -0.1) is 0 Å². The van der Waals surface area contributed by atoms with E-state index in [1.807, 2.05) is 0 Å². The van der Waals surface area contributed by atoms with Gasteiger partial charge in [-0.3, -0.25) is 4.79 Å². The minimum atomic E-state index is -0.330. The van der Waals surface area contributed by atoms with Gasteiger partial charge in [-0.05, 0) is 55.3 Å². The highest BCUT2D eigenvalue weighted by Gasteiger charge is 2.54. The summed E-state index contributed by atoms with van der Waals surface area (Å²) in [4.78, 5) is 12.2. The second-order valence-corrected chi connectivity index (χ2v) is 7.18. The molecule has 19 heavy (non-hydrogen) atoms. The molecule has 0 spiro atoms. The molecule has 108 valence electrons. The maximum atomic E-state index is 12.2. The predicted molar refractivity (Wildman–Crippen MR) is 76.4 cm³/mol. The molecule has 1 amide bonds. The van der Waals surface area contributed by atoms with Crippen molar-refractivity contribution in [2.45, 2.75) is 64.5 Å². The zero-order valence-electron chi connectivity index (χ0n) is 12.3. The monoisotopic (exact) mass is 264 g/mol. The summed E-state index contributed by atoms with van der Waals surface area (Å²) in [6.45, 7) is 4.16. The molecular weight excluding hydrogens is 236 g/mol. The van der Waals surface area contributed by atoms with Crippen molar-refractivity contribution in [3.8, 4) is 0 Å². The van der Waals surface area contributed by atoms with Crippen LogP contribution in [-0.2, 0) is 4.79 Å². The third-order valence-corrected chi connectivity index (χ3v) is 6.32. The molecular formula is C16H28N2O. The molecule has 3 saturated carbocycles. The van der Waals surface area contributed by atoms with Gasteiger partial charge in [0.05, 0.1) is 6.04 Å². The molecule has 3 aliphatic carbocycles. The van der Waals surface area contributed by atoms with E-state index in [1.165, 1.54) is 32.1 Å². The predicted octanol–water partition coefficient (Wildman–Crippen LogP) is 2.30. The number of carbonyl (C=O) groups is 1. The number of nitrogens with two attached hydrogens (primary N) is 1. The van der Waals surface area contributed by atoms with Gasteiger partial charge in [0.1, 0.15) is 0 Å². The maximum Gasteiger partial charge on any atom is 0.237 e. The van der Waals surface area contributed by atoms with Crippen LogP contribution in [0.2, 0.25) is 0 Å². The van der Waals surface area contributed by atoms with E-state index < -0.39 is 0 Å². The number of fused-ring (bicyclic) bond motifs is 5. The first kappa shape index (κ1) is 13.4. The largest absolute Gasteiger partial charge is 0.352 e. The number of carbonyl (C=O) groups excluding carboxylic acids is 1. The average molecular weight is 264 g/mol. The molecule has 0 radical (unpaired) electrons. The summed E-state index contributed by atoms with van der Waals surface area (Å²) in [6, 6.07) is 0.0930. The average Bonchev–Trinajstić information content (AvgIpc) is 3.08. The Morgan fingerprint density at radius 2 is 2.00 bits per heavy atom. The second kappa shape index (κ2) is 5.08. The molecule has 3 aliphatic rings. The Kier molecular flexibility index (Phi) is 3.59. The van der Waals surface area contributed by atoms with Crippen LogP contribution in [0.15, 0.2) is 0 Å². The van der Waals surface area contributed by atoms with E-state index in [-0.39, 0.29) is 17.9 Å². The van der Waals surface area contributed by atoms with Gasteiger partial charge in [-0.2, -0.15) is 0 Å². The number of nitrogens with one attached hydrogen (secondary N) is 1. The molecule has 3 rings (SSSR count). The lowest BCUT2D eigenvalue weighted by Gasteiger charge is -2.33. The molecule has 0 heterocycles. The van der Waals surface area contributed by atoms with Gasteiger partial charge in [0, 0.05) is 6.04 Å². The number of hydrogen-bond acceptors (Lipinski definition) is 2. The van der Waals surface area contributed by atoms with Crippen molar-refractivity contribution in [1.82, 2.24) is 5.32 Å². The van der Waals surface area contributed by atoms with Gasteiger partial charge < -0.3 is 11.1 Å². The van der Waals surface area contributed by atoms with Gasteiger partial charge in [0.15, 0.2) is 0 Å². The van der Waals surface area contributed by atoms with E-state index in [4.69, 9.17) is 5.73 Å². The van der Waals surface area contributed by atoms with E-state index in [0.29, 0.717) is 6.04 Å². The SMILES string of the molecule is CCC(C)[C@H](N)C(=O)NC1CC2CC1C1CCCC21. The fourth-order valence-electron chi connectivity index (χ4n) is 5.03. The van der Waals surface area contributed by atoms with Crippen LogP contribution in [0.5, 0.6) is 0 Å². The third kappa shape index (κ3) is 2.20. The first-order valence-corrected chi connectivity index (χ1v) is 8.17. The molecule has 3 N–H and O–H groups in total. The minimum Gasteiger partial charge on any atom is -0.352 e. The van der Waals surface area contributed by atoms with Crippen molar-refractivity contribution >= 4 is 5.91 Å².